The third kappa shape index (κ3) is 6.48. The van der Waals surface area contributed by atoms with Crippen LogP contribution in [0.3, 0.4) is 0 Å². The highest BCUT2D eigenvalue weighted by molar-refractivity contribution is 7.92. The topological polar surface area (TPSA) is 75.3 Å². The van der Waals surface area contributed by atoms with Gasteiger partial charge in [-0.3, -0.25) is 4.79 Å². The molecule has 2 N–H and O–H groups in total. The summed E-state index contributed by atoms with van der Waals surface area (Å²) >= 11 is 0. The summed E-state index contributed by atoms with van der Waals surface area (Å²) < 4.78 is 39.4. The van der Waals surface area contributed by atoms with Crippen molar-refractivity contribution in [2.24, 2.45) is 0 Å². The van der Waals surface area contributed by atoms with Crippen molar-refractivity contribution >= 4 is 27.7 Å². The molecule has 0 aliphatic carbocycles. The summed E-state index contributed by atoms with van der Waals surface area (Å²) in [5.41, 5.74) is 1.57. The third-order valence-electron chi connectivity index (χ3n) is 3.35. The maximum Gasteiger partial charge on any atom is 0.233 e. The lowest BCUT2D eigenvalue weighted by atomic mass is 10.2. The number of amides is 1. The van der Waals surface area contributed by atoms with Crippen LogP contribution in [0.5, 0.6) is 0 Å². The molecule has 0 aliphatic rings. The van der Waals surface area contributed by atoms with Crippen LogP contribution in [0.1, 0.15) is 17.5 Å². The zero-order valence-electron chi connectivity index (χ0n) is 13.7. The number of benzene rings is 2. The minimum atomic E-state index is -3.63. The normalized spacial score (nSPS) is 11.6. The molecule has 5 nitrogen and oxygen atoms in total. The molecule has 2 aromatic rings. The second-order valence-electron chi connectivity index (χ2n) is 5.41. The van der Waals surface area contributed by atoms with Crippen molar-refractivity contribution in [2.75, 3.05) is 11.9 Å². The molecule has 0 aromatic heterocycles. The number of rotatable bonds is 7. The fourth-order valence-electron chi connectivity index (χ4n) is 1.98. The molecule has 0 bridgehead atoms. The van der Waals surface area contributed by atoms with E-state index in [1.54, 1.807) is 43.3 Å². The molecular weight excluding hydrogens is 343 g/mol. The fourth-order valence-corrected chi connectivity index (χ4v) is 2.80. The SMILES string of the molecule is Cc1ccc(NC(=O)CCNS(=O)(=O)C=Cc2ccccc2)cc1F. The van der Waals surface area contributed by atoms with Crippen LogP contribution in [0.25, 0.3) is 6.08 Å². The van der Waals surface area contributed by atoms with Gasteiger partial charge in [0, 0.05) is 24.1 Å². The molecule has 0 atom stereocenters. The first-order chi connectivity index (χ1) is 11.9. The summed E-state index contributed by atoms with van der Waals surface area (Å²) in [7, 11) is -3.63. The number of aryl methyl sites for hydroxylation is 1. The lowest BCUT2D eigenvalue weighted by Crippen LogP contribution is -2.26. The number of hydrogen-bond acceptors (Lipinski definition) is 3. The first-order valence-electron chi connectivity index (χ1n) is 7.64. The van der Waals surface area contributed by atoms with E-state index in [-0.39, 0.29) is 13.0 Å². The van der Waals surface area contributed by atoms with Gasteiger partial charge in [0.05, 0.1) is 0 Å². The van der Waals surface area contributed by atoms with Gasteiger partial charge in [-0.25, -0.2) is 17.5 Å². The molecule has 2 rings (SSSR count). The maximum atomic E-state index is 13.4. The quantitative estimate of drug-likeness (QED) is 0.795. The summed E-state index contributed by atoms with van der Waals surface area (Å²) in [6.07, 6.45) is 1.41. The second-order valence-corrected chi connectivity index (χ2v) is 7.07. The van der Waals surface area contributed by atoms with Crippen LogP contribution < -0.4 is 10.0 Å². The van der Waals surface area contributed by atoms with Gasteiger partial charge in [0.25, 0.3) is 0 Å². The standard InChI is InChI=1S/C18H19FN2O3S/c1-14-7-8-16(13-17(14)19)21-18(22)9-11-20-25(23,24)12-10-15-5-3-2-4-6-15/h2-8,10,12-13,20H,9,11H2,1H3,(H,21,22). The first-order valence-corrected chi connectivity index (χ1v) is 9.19. The predicted octanol–water partition coefficient (Wildman–Crippen LogP) is 3.05. The molecule has 0 unspecified atom stereocenters. The molecule has 0 radical (unpaired) electrons. The average molecular weight is 362 g/mol. The molecule has 0 spiro atoms. The molecule has 0 saturated carbocycles. The number of hydrogen-bond donors (Lipinski definition) is 2. The third-order valence-corrected chi connectivity index (χ3v) is 4.45. The molecule has 0 saturated heterocycles. The van der Waals surface area contributed by atoms with Gasteiger partial charge < -0.3 is 5.32 Å². The number of halogens is 1. The zero-order chi connectivity index (χ0) is 18.3. The summed E-state index contributed by atoms with van der Waals surface area (Å²) in [4.78, 5) is 11.8. The Bertz CT molecular complexity index is 865. The van der Waals surface area contributed by atoms with E-state index in [9.17, 15) is 17.6 Å². The van der Waals surface area contributed by atoms with E-state index >= 15 is 0 Å². The van der Waals surface area contributed by atoms with Gasteiger partial charge in [-0.15, -0.1) is 0 Å². The van der Waals surface area contributed by atoms with E-state index < -0.39 is 21.7 Å². The molecule has 0 aliphatic heterocycles. The maximum absolute atomic E-state index is 13.4. The van der Waals surface area contributed by atoms with Crippen LogP contribution in [0.4, 0.5) is 10.1 Å². The number of carbonyl (C=O) groups excluding carboxylic acids is 1. The highest BCUT2D eigenvalue weighted by Crippen LogP contribution is 2.13. The van der Waals surface area contributed by atoms with Gasteiger partial charge in [0.2, 0.25) is 15.9 Å². The molecule has 2 aromatic carbocycles. The van der Waals surface area contributed by atoms with Gasteiger partial charge in [0.1, 0.15) is 5.82 Å². The van der Waals surface area contributed by atoms with Crippen LogP contribution in [-0.4, -0.2) is 20.9 Å². The largest absolute Gasteiger partial charge is 0.326 e. The van der Waals surface area contributed by atoms with E-state index in [1.165, 1.54) is 12.1 Å². The number of nitrogens with one attached hydrogen (secondary N) is 2. The number of sulfonamides is 1. The van der Waals surface area contributed by atoms with Crippen LogP contribution in [-0.2, 0) is 14.8 Å². The Hall–Kier alpha value is -2.51. The highest BCUT2D eigenvalue weighted by Gasteiger charge is 2.08. The second kappa shape index (κ2) is 8.55. The Morgan fingerprint density at radius 2 is 1.88 bits per heavy atom. The van der Waals surface area contributed by atoms with Gasteiger partial charge in [-0.1, -0.05) is 36.4 Å². The lowest BCUT2D eigenvalue weighted by molar-refractivity contribution is -0.116. The van der Waals surface area contributed by atoms with Gasteiger partial charge in [-0.05, 0) is 36.3 Å². The summed E-state index contributed by atoms with van der Waals surface area (Å²) in [6.45, 7) is 1.57. The van der Waals surface area contributed by atoms with Crippen molar-refractivity contribution < 1.29 is 17.6 Å². The van der Waals surface area contributed by atoms with E-state index in [2.05, 4.69) is 10.0 Å². The number of carbonyl (C=O) groups is 1. The van der Waals surface area contributed by atoms with Crippen LogP contribution >= 0.6 is 0 Å². The molecule has 1 amide bonds. The highest BCUT2D eigenvalue weighted by atomic mass is 32.2. The Morgan fingerprint density at radius 1 is 1.16 bits per heavy atom. The van der Waals surface area contributed by atoms with E-state index in [0.717, 1.165) is 11.0 Å². The summed E-state index contributed by atoms with van der Waals surface area (Å²) in [5.74, 6) is -0.817. The van der Waals surface area contributed by atoms with Crippen molar-refractivity contribution in [2.45, 2.75) is 13.3 Å². The van der Waals surface area contributed by atoms with E-state index in [1.807, 2.05) is 6.07 Å². The molecule has 0 fully saturated rings. The molecular formula is C18H19FN2O3S. The molecule has 0 heterocycles. The minimum absolute atomic E-state index is 0.0539. The molecule has 7 heteroatoms. The van der Waals surface area contributed by atoms with E-state index in [0.29, 0.717) is 11.3 Å². The Morgan fingerprint density at radius 3 is 2.56 bits per heavy atom. The van der Waals surface area contributed by atoms with Crippen molar-refractivity contribution in [1.82, 2.24) is 4.72 Å². The van der Waals surface area contributed by atoms with Crippen molar-refractivity contribution in [3.05, 3.63) is 70.9 Å². The van der Waals surface area contributed by atoms with Gasteiger partial charge in [-0.2, -0.15) is 0 Å². The Kier molecular flexibility index (Phi) is 6.44. The summed E-state index contributed by atoms with van der Waals surface area (Å²) in [5, 5.41) is 3.57. The molecule has 25 heavy (non-hydrogen) atoms. The van der Waals surface area contributed by atoms with Crippen molar-refractivity contribution in [3.8, 4) is 0 Å². The van der Waals surface area contributed by atoms with Gasteiger partial charge >= 0.3 is 0 Å². The van der Waals surface area contributed by atoms with Crippen LogP contribution in [0.2, 0.25) is 0 Å². The lowest BCUT2D eigenvalue weighted by Gasteiger charge is -2.07. The Balaban J connectivity index is 1.81. The van der Waals surface area contributed by atoms with Crippen molar-refractivity contribution in [1.29, 1.82) is 0 Å². The van der Waals surface area contributed by atoms with Crippen LogP contribution in [0, 0.1) is 12.7 Å². The van der Waals surface area contributed by atoms with E-state index in [4.69, 9.17) is 0 Å². The predicted molar refractivity (Wildman–Crippen MR) is 96.8 cm³/mol. The monoisotopic (exact) mass is 362 g/mol. The van der Waals surface area contributed by atoms with Crippen LogP contribution in [0.15, 0.2) is 53.9 Å². The minimum Gasteiger partial charge on any atom is -0.326 e. The fraction of sp³-hybridized carbons (Fsp3) is 0.167. The summed E-state index contributed by atoms with van der Waals surface area (Å²) in [6, 6.07) is 13.4. The van der Waals surface area contributed by atoms with Gasteiger partial charge in [0.15, 0.2) is 0 Å². The first kappa shape index (κ1) is 18.8. The average Bonchev–Trinajstić information content (AvgIpc) is 2.57. The zero-order valence-corrected chi connectivity index (χ0v) is 14.5. The van der Waals surface area contributed by atoms with Crippen molar-refractivity contribution in [3.63, 3.8) is 0 Å². The smallest absolute Gasteiger partial charge is 0.233 e. The number of anilines is 1. The Labute approximate surface area is 146 Å². The molecule has 132 valence electrons.